The van der Waals surface area contributed by atoms with Gasteiger partial charge in [0, 0.05) is 29.3 Å². The minimum absolute atomic E-state index is 0. The number of hydrogen-bond donors (Lipinski definition) is 5. The molecule has 3 saturated carbocycles. The van der Waals surface area contributed by atoms with Gasteiger partial charge >= 0.3 is 0 Å². The van der Waals surface area contributed by atoms with Crippen molar-refractivity contribution in [2.75, 3.05) is 0 Å². The number of nitrogens with one attached hydrogen (secondary N) is 3. The van der Waals surface area contributed by atoms with Crippen LogP contribution in [0.25, 0.3) is 0 Å². The van der Waals surface area contributed by atoms with Gasteiger partial charge in [0.2, 0.25) is 0 Å². The second-order valence-corrected chi connectivity index (χ2v) is 12.8. The highest BCUT2D eigenvalue weighted by Gasteiger charge is 2.15. The van der Waals surface area contributed by atoms with E-state index in [4.69, 9.17) is 35.9 Å². The Balaban J connectivity index is 0.000000330. The highest BCUT2D eigenvalue weighted by Crippen LogP contribution is 2.18. The average Bonchev–Trinajstić information content (AvgIpc) is 3.07. The summed E-state index contributed by atoms with van der Waals surface area (Å²) in [6.45, 7) is 0. The minimum atomic E-state index is -0.347. The summed E-state index contributed by atoms with van der Waals surface area (Å²) in [7, 11) is 0. The van der Waals surface area contributed by atoms with E-state index in [1.807, 2.05) is 29.4 Å². The van der Waals surface area contributed by atoms with E-state index >= 15 is 0 Å². The van der Waals surface area contributed by atoms with Gasteiger partial charge in [-0.25, -0.2) is 0 Å². The first-order valence-electron chi connectivity index (χ1n) is 16.4. The van der Waals surface area contributed by atoms with Gasteiger partial charge in [0.1, 0.15) is 0 Å². The first-order valence-corrected chi connectivity index (χ1v) is 17.7. The molecular formula is C36H54N6O2S3. The van der Waals surface area contributed by atoms with Gasteiger partial charge < -0.3 is 22.1 Å². The maximum absolute atomic E-state index is 11.9. The molecule has 2 aromatic carbocycles. The third-order valence-electron chi connectivity index (χ3n) is 7.97. The third-order valence-corrected chi connectivity index (χ3v) is 8.40. The summed E-state index contributed by atoms with van der Waals surface area (Å²) < 4.78 is 0. The zero-order valence-electron chi connectivity index (χ0n) is 26.8. The second kappa shape index (κ2) is 25.9. The number of nitrogens with two attached hydrogens (primary N) is 2. The highest BCUT2D eigenvalue weighted by molar-refractivity contribution is 7.80. The fourth-order valence-electron chi connectivity index (χ4n) is 5.50. The van der Waals surface area contributed by atoms with Crippen LogP contribution in [-0.4, -0.2) is 45.3 Å². The van der Waals surface area contributed by atoms with E-state index in [1.165, 1.54) is 83.5 Å². The van der Waals surface area contributed by atoms with Gasteiger partial charge in [0.05, 0.1) is 5.16 Å². The van der Waals surface area contributed by atoms with Gasteiger partial charge in [-0.3, -0.25) is 14.9 Å². The van der Waals surface area contributed by atoms with Gasteiger partial charge in [-0.1, -0.05) is 102 Å². The maximum atomic E-state index is 11.9. The first-order chi connectivity index (χ1) is 22.3. The van der Waals surface area contributed by atoms with Crippen molar-refractivity contribution in [3.8, 4) is 0 Å². The number of carbonyl (C=O) groups excluding carboxylic acids is 2. The molecule has 8 nitrogen and oxygen atoms in total. The Kier molecular flexibility index (Phi) is 23.2. The van der Waals surface area contributed by atoms with Crippen molar-refractivity contribution in [3.63, 3.8) is 0 Å². The Morgan fingerprint density at radius 1 is 0.681 bits per heavy atom. The molecule has 2 amide bonds. The van der Waals surface area contributed by atoms with Crippen LogP contribution in [0.3, 0.4) is 0 Å². The first kappa shape index (κ1) is 41.9. The molecule has 11 heteroatoms. The number of carbonyl (C=O) groups is 2. The Morgan fingerprint density at radius 2 is 1.11 bits per heavy atom. The minimum Gasteiger partial charge on any atom is -0.376 e. The molecule has 0 unspecified atom stereocenters. The van der Waals surface area contributed by atoms with E-state index in [2.05, 4.69) is 33.2 Å². The number of benzene rings is 2. The molecule has 0 radical (unpaired) electrons. The zero-order valence-corrected chi connectivity index (χ0v) is 29.2. The number of hydrogen-bond acceptors (Lipinski definition) is 6. The van der Waals surface area contributed by atoms with Crippen molar-refractivity contribution in [2.45, 2.75) is 122 Å². The lowest BCUT2D eigenvalue weighted by Gasteiger charge is -2.24. The number of aliphatic imine (C=N–C) groups is 1. The molecule has 0 atom stereocenters. The lowest BCUT2D eigenvalue weighted by molar-refractivity contribution is 0.0974. The quantitative estimate of drug-likeness (QED) is 0.161. The van der Waals surface area contributed by atoms with Crippen molar-refractivity contribution in [1.29, 1.82) is 0 Å². The van der Waals surface area contributed by atoms with Gasteiger partial charge in [-0.05, 0) is 99.4 Å². The predicted molar refractivity (Wildman–Crippen MR) is 207 cm³/mol. The summed E-state index contributed by atoms with van der Waals surface area (Å²) >= 11 is 14.2. The molecule has 5 rings (SSSR count). The molecule has 0 heterocycles. The summed E-state index contributed by atoms with van der Waals surface area (Å²) in [5.74, 6) is -0.496. The van der Waals surface area contributed by atoms with E-state index in [0.717, 1.165) is 12.8 Å². The fourth-order valence-corrected chi connectivity index (χ4v) is 6.01. The smallest absolute Gasteiger partial charge is 0.285 e. The lowest BCUT2D eigenvalue weighted by Crippen LogP contribution is -2.44. The van der Waals surface area contributed by atoms with Crippen LogP contribution in [-0.2, 0) is 0 Å². The summed E-state index contributed by atoms with van der Waals surface area (Å²) in [5.41, 5.74) is 12.1. The zero-order chi connectivity index (χ0) is 33.4. The molecule has 2 aromatic rings. The summed E-state index contributed by atoms with van der Waals surface area (Å²) in [4.78, 5) is 26.1. The van der Waals surface area contributed by atoms with Gasteiger partial charge in [0.25, 0.3) is 11.8 Å². The van der Waals surface area contributed by atoms with E-state index < -0.39 is 0 Å². The molecule has 258 valence electrons. The molecule has 0 aromatic heterocycles. The second-order valence-electron chi connectivity index (χ2n) is 11.7. The largest absolute Gasteiger partial charge is 0.376 e. The summed E-state index contributed by atoms with van der Waals surface area (Å²) in [6.07, 6.45) is 19.2. The molecule has 0 saturated heterocycles. The van der Waals surface area contributed by atoms with Crippen molar-refractivity contribution in [2.24, 2.45) is 16.5 Å². The van der Waals surface area contributed by atoms with Crippen LogP contribution >= 0.6 is 36.7 Å². The molecule has 7 N–H and O–H groups in total. The fraction of sp³-hybridized carbons (Fsp3) is 0.528. The molecule has 3 aliphatic rings. The topological polar surface area (TPSA) is 135 Å². The van der Waals surface area contributed by atoms with Crippen LogP contribution in [0.15, 0.2) is 65.7 Å². The summed E-state index contributed by atoms with van der Waals surface area (Å²) in [6, 6.07) is 19.4. The molecular weight excluding hydrogens is 645 g/mol. The van der Waals surface area contributed by atoms with Crippen LogP contribution < -0.4 is 27.4 Å². The molecule has 3 aliphatic carbocycles. The van der Waals surface area contributed by atoms with Crippen LogP contribution in [0.2, 0.25) is 0 Å². The van der Waals surface area contributed by atoms with E-state index in [9.17, 15) is 9.59 Å². The van der Waals surface area contributed by atoms with Gasteiger partial charge in [0.15, 0.2) is 10.2 Å². The number of nitrogens with zero attached hydrogens (tertiary/aromatic N) is 1. The van der Waals surface area contributed by atoms with E-state index in [-0.39, 0.29) is 19.2 Å². The monoisotopic (exact) mass is 698 g/mol. The van der Waals surface area contributed by atoms with Crippen LogP contribution in [0.1, 0.15) is 124 Å². The van der Waals surface area contributed by atoms with E-state index in [1.54, 1.807) is 36.4 Å². The normalized spacial score (nSPS) is 16.2. The lowest BCUT2D eigenvalue weighted by atomic mass is 9.96. The van der Waals surface area contributed by atoms with Crippen LogP contribution in [0.5, 0.6) is 0 Å². The predicted octanol–water partition coefficient (Wildman–Crippen LogP) is 7.62. The van der Waals surface area contributed by atoms with Crippen molar-refractivity contribution in [3.05, 3.63) is 71.8 Å². The van der Waals surface area contributed by atoms with E-state index in [0.29, 0.717) is 39.5 Å². The molecule has 3 fully saturated rings. The number of thiocarbonyl (C=S) groups is 3. The Labute approximate surface area is 298 Å². The summed E-state index contributed by atoms with van der Waals surface area (Å²) in [5, 5.41) is 12.0. The Bertz CT molecular complexity index is 1220. The Morgan fingerprint density at radius 3 is 1.51 bits per heavy atom. The molecule has 0 aliphatic heterocycles. The van der Waals surface area contributed by atoms with Crippen LogP contribution in [0.4, 0.5) is 0 Å². The number of amides is 2. The highest BCUT2D eigenvalue weighted by atomic mass is 32.1. The number of isothiocyanates is 1. The van der Waals surface area contributed by atoms with Crippen molar-refractivity contribution >= 4 is 63.9 Å². The average molecular weight is 699 g/mol. The SMILES string of the molecule is C.NC(=S)NC1CCCCC1.NC1CCCCC1.O=C(N=C=S)c1ccccc1.O=C(NC(=S)NC1CCCCC1)c1ccccc1. The van der Waals surface area contributed by atoms with Crippen LogP contribution in [0, 0.1) is 0 Å². The van der Waals surface area contributed by atoms with Crippen molar-refractivity contribution < 1.29 is 9.59 Å². The molecule has 0 spiro atoms. The standard InChI is InChI=1S/C14H18N2OS.C8H5NOS.C7H14N2S.C6H13N.CH4/c17-13(11-7-3-1-4-8-11)16-14(18)15-12-9-5-2-6-10-12;10-8(9-6-11)7-4-2-1-3-5-7;8-7(10)9-6-4-2-1-3-5-6;7-6-4-2-1-3-5-6;/h1,3-4,7-8,12H,2,5-6,9-10H2,(H2,15,16,17,18);1-5H;6H,1-5H2,(H3,8,9,10);6H,1-5,7H2;1H4. The van der Waals surface area contributed by atoms with Crippen molar-refractivity contribution in [1.82, 2.24) is 16.0 Å². The number of rotatable bonds is 4. The van der Waals surface area contributed by atoms with Gasteiger partial charge in [-0.2, -0.15) is 4.99 Å². The van der Waals surface area contributed by atoms with Gasteiger partial charge in [-0.15, -0.1) is 0 Å². The Hall–Kier alpha value is -3.08. The molecule has 0 bridgehead atoms. The maximum Gasteiger partial charge on any atom is 0.285 e. The third kappa shape index (κ3) is 20.0. The molecule has 47 heavy (non-hydrogen) atoms.